The lowest BCUT2D eigenvalue weighted by Crippen LogP contribution is -2.34. The molecule has 0 aromatic heterocycles. The van der Waals surface area contributed by atoms with E-state index in [1.807, 2.05) is 25.1 Å². The smallest absolute Gasteiger partial charge is 0.395 e. The summed E-state index contributed by atoms with van der Waals surface area (Å²) in [5.74, 6) is -0.179. The van der Waals surface area contributed by atoms with Crippen molar-refractivity contribution in [3.05, 3.63) is 42.0 Å². The van der Waals surface area contributed by atoms with Gasteiger partial charge < -0.3 is 19.3 Å². The van der Waals surface area contributed by atoms with Gasteiger partial charge in [-0.1, -0.05) is 6.07 Å². The number of likely N-dealkylation sites (N-methyl/N-ethyl adjacent to an activating group) is 1. The molecule has 7 nitrogen and oxygen atoms in total. The van der Waals surface area contributed by atoms with E-state index in [0.717, 1.165) is 62.8 Å². The first kappa shape index (κ1) is 23.2. The highest BCUT2D eigenvalue weighted by Gasteiger charge is 2.44. The first-order valence-corrected chi connectivity index (χ1v) is 13.0. The van der Waals surface area contributed by atoms with Gasteiger partial charge in [0.1, 0.15) is 0 Å². The number of ether oxygens (including phenoxy) is 2. The van der Waals surface area contributed by atoms with Crippen LogP contribution in [0.4, 0.5) is 20.2 Å². The molecule has 2 aromatic rings. The van der Waals surface area contributed by atoms with Crippen LogP contribution in [0.5, 0.6) is 11.5 Å². The van der Waals surface area contributed by atoms with Crippen LogP contribution < -0.4 is 18.7 Å². The van der Waals surface area contributed by atoms with E-state index in [-0.39, 0.29) is 22.3 Å². The Morgan fingerprint density at radius 2 is 1.79 bits per heavy atom. The second-order valence-corrected chi connectivity index (χ2v) is 11.2. The summed E-state index contributed by atoms with van der Waals surface area (Å²) in [6, 6.07) is 9.34. The molecule has 1 saturated heterocycles. The molecule has 0 unspecified atom stereocenters. The number of aryl methyl sites for hydroxylation is 1. The summed E-state index contributed by atoms with van der Waals surface area (Å²) in [5, 5.41) is 0. The molecule has 10 heteroatoms. The van der Waals surface area contributed by atoms with Crippen molar-refractivity contribution in [2.45, 2.75) is 37.4 Å². The third kappa shape index (κ3) is 4.65. The highest BCUT2D eigenvalue weighted by atomic mass is 32.2. The molecule has 2 fully saturated rings. The highest BCUT2D eigenvalue weighted by molar-refractivity contribution is 7.92. The summed E-state index contributed by atoms with van der Waals surface area (Å²) < 4.78 is 64.8. The van der Waals surface area contributed by atoms with Crippen molar-refractivity contribution >= 4 is 21.4 Å². The Hall–Kier alpha value is -2.59. The van der Waals surface area contributed by atoms with Crippen LogP contribution in [0.25, 0.3) is 0 Å². The quantitative estimate of drug-likeness (QED) is 0.605. The van der Waals surface area contributed by atoms with Crippen molar-refractivity contribution in [1.82, 2.24) is 4.90 Å². The zero-order chi connectivity index (χ0) is 24.1. The number of hydrogen-bond donors (Lipinski definition) is 0. The van der Waals surface area contributed by atoms with E-state index in [2.05, 4.69) is 26.3 Å². The summed E-state index contributed by atoms with van der Waals surface area (Å²) >= 11 is 0. The molecular formula is C24H29F2N3O4S. The number of fused-ring (bicyclic) bond motifs is 1. The minimum absolute atomic E-state index is 0.105. The molecule has 0 spiro atoms. The first-order valence-electron chi connectivity index (χ1n) is 11.6. The summed E-state index contributed by atoms with van der Waals surface area (Å²) in [7, 11) is -1.91. The van der Waals surface area contributed by atoms with Crippen molar-refractivity contribution in [3.8, 4) is 11.5 Å². The maximum atomic E-state index is 13.7. The monoisotopic (exact) mass is 493 g/mol. The molecule has 5 rings (SSSR count). The van der Waals surface area contributed by atoms with Gasteiger partial charge in [0.15, 0.2) is 11.5 Å². The largest absolute Gasteiger partial charge is 0.586 e. The number of hydrogen-bond acceptors (Lipinski definition) is 6. The summed E-state index contributed by atoms with van der Waals surface area (Å²) in [4.78, 5) is 4.51. The van der Waals surface area contributed by atoms with Gasteiger partial charge in [-0.05, 0) is 75.5 Å². The molecule has 184 valence electrons. The number of alkyl halides is 2. The van der Waals surface area contributed by atoms with Crippen LogP contribution in [0.2, 0.25) is 0 Å². The number of rotatable bonds is 6. The van der Waals surface area contributed by atoms with Crippen LogP contribution in [0.15, 0.2) is 41.3 Å². The van der Waals surface area contributed by atoms with Crippen LogP contribution >= 0.6 is 0 Å². The minimum atomic E-state index is -4.02. The Morgan fingerprint density at radius 3 is 2.56 bits per heavy atom. The fourth-order valence-corrected chi connectivity index (χ4v) is 6.02. The number of anilines is 2. The lowest BCUT2D eigenvalue weighted by atomic mass is 10.1. The predicted molar refractivity (Wildman–Crippen MR) is 125 cm³/mol. The summed E-state index contributed by atoms with van der Waals surface area (Å²) in [5.41, 5.74) is 2.68. The molecule has 3 aliphatic rings. The van der Waals surface area contributed by atoms with Crippen LogP contribution in [0.3, 0.4) is 0 Å². The Morgan fingerprint density at radius 1 is 1.03 bits per heavy atom. The van der Waals surface area contributed by atoms with E-state index >= 15 is 0 Å². The van der Waals surface area contributed by atoms with Crippen molar-refractivity contribution < 1.29 is 26.7 Å². The maximum Gasteiger partial charge on any atom is 0.586 e. The molecule has 2 aromatic carbocycles. The number of nitrogens with zero attached hydrogens (tertiary/aromatic N) is 3. The number of benzene rings is 2. The van der Waals surface area contributed by atoms with Gasteiger partial charge in [0.05, 0.1) is 10.6 Å². The average molecular weight is 494 g/mol. The molecule has 1 aliphatic carbocycles. The van der Waals surface area contributed by atoms with Gasteiger partial charge in [-0.2, -0.15) is 0 Å². The lowest BCUT2D eigenvalue weighted by Gasteiger charge is -2.29. The van der Waals surface area contributed by atoms with Gasteiger partial charge in [0.2, 0.25) is 0 Å². The second kappa shape index (κ2) is 8.57. The van der Waals surface area contributed by atoms with Crippen LogP contribution in [-0.4, -0.2) is 59.4 Å². The van der Waals surface area contributed by atoms with Crippen molar-refractivity contribution in [2.75, 3.05) is 49.0 Å². The third-order valence-electron chi connectivity index (χ3n) is 6.62. The van der Waals surface area contributed by atoms with E-state index in [4.69, 9.17) is 0 Å². The first-order chi connectivity index (χ1) is 16.1. The Kier molecular flexibility index (Phi) is 5.84. The molecular weight excluding hydrogens is 464 g/mol. The molecule has 0 amide bonds. The SMILES string of the molecule is Cc1ccc(N(CC2CC2)S(=O)(=O)c2ccc3c(c2)OC(F)(F)O3)cc1N1CCCN(C)CC1. The van der Waals surface area contributed by atoms with Gasteiger partial charge in [0.25, 0.3) is 10.0 Å². The van der Waals surface area contributed by atoms with E-state index in [1.165, 1.54) is 16.4 Å². The molecule has 34 heavy (non-hydrogen) atoms. The lowest BCUT2D eigenvalue weighted by molar-refractivity contribution is -0.286. The topological polar surface area (TPSA) is 62.3 Å². The van der Waals surface area contributed by atoms with Gasteiger partial charge in [-0.15, -0.1) is 8.78 Å². The Labute approximate surface area is 198 Å². The Bertz CT molecular complexity index is 1190. The third-order valence-corrected chi connectivity index (χ3v) is 8.41. The van der Waals surface area contributed by atoms with Crippen molar-refractivity contribution in [3.63, 3.8) is 0 Å². The normalized spacial score (nSPS) is 20.3. The molecule has 0 atom stereocenters. The van der Waals surface area contributed by atoms with E-state index in [9.17, 15) is 17.2 Å². The molecule has 1 saturated carbocycles. The van der Waals surface area contributed by atoms with Gasteiger partial charge in [-0.3, -0.25) is 4.31 Å². The standard InChI is InChI=1S/C24H29F2N3O4S/c1-17-4-7-19(14-21(17)28-11-3-10-27(2)12-13-28)29(16-18-5-6-18)34(30,31)20-8-9-22-23(15-20)33-24(25,26)32-22/h4,7-9,14-15,18H,3,5-6,10-13,16H2,1-2H3. The van der Waals surface area contributed by atoms with Crippen molar-refractivity contribution in [2.24, 2.45) is 5.92 Å². The minimum Gasteiger partial charge on any atom is -0.395 e. The molecule has 0 bridgehead atoms. The predicted octanol–water partition coefficient (Wildman–Crippen LogP) is 4.06. The highest BCUT2D eigenvalue weighted by Crippen LogP contribution is 2.43. The molecule has 0 N–H and O–H groups in total. The number of halogens is 2. The number of sulfonamides is 1. The maximum absolute atomic E-state index is 13.7. The fourth-order valence-electron chi connectivity index (χ4n) is 4.48. The van der Waals surface area contributed by atoms with Crippen LogP contribution in [0.1, 0.15) is 24.8 Å². The zero-order valence-corrected chi connectivity index (χ0v) is 20.2. The van der Waals surface area contributed by atoms with Gasteiger partial charge in [0, 0.05) is 37.9 Å². The average Bonchev–Trinajstić information content (AvgIpc) is 3.57. The van der Waals surface area contributed by atoms with E-state index < -0.39 is 16.3 Å². The van der Waals surface area contributed by atoms with Crippen LogP contribution in [0, 0.1) is 12.8 Å². The van der Waals surface area contributed by atoms with Gasteiger partial charge in [-0.25, -0.2) is 8.42 Å². The van der Waals surface area contributed by atoms with E-state index in [1.54, 1.807) is 0 Å². The summed E-state index contributed by atoms with van der Waals surface area (Å²) in [6.45, 7) is 6.12. The fraction of sp³-hybridized carbons (Fsp3) is 0.500. The molecule has 2 heterocycles. The van der Waals surface area contributed by atoms with Crippen molar-refractivity contribution in [1.29, 1.82) is 0 Å². The van der Waals surface area contributed by atoms with Gasteiger partial charge >= 0.3 is 6.29 Å². The zero-order valence-electron chi connectivity index (χ0n) is 19.3. The van der Waals surface area contributed by atoms with Crippen LogP contribution in [-0.2, 0) is 10.0 Å². The summed E-state index contributed by atoms with van der Waals surface area (Å²) in [6.07, 6.45) is -0.829. The molecule has 0 radical (unpaired) electrons. The second-order valence-electron chi connectivity index (χ2n) is 9.37. The molecule has 2 aliphatic heterocycles. The van der Waals surface area contributed by atoms with E-state index in [0.29, 0.717) is 12.2 Å². The Balaban J connectivity index is 1.50.